The number of alkyl halides is 6. The molecule has 9 aromatic rings. The first-order valence-corrected chi connectivity index (χ1v) is 19.8. The van der Waals surface area contributed by atoms with Crippen molar-refractivity contribution in [2.75, 3.05) is 0 Å². The molecule has 0 aliphatic carbocycles. The molecule has 0 amide bonds. The Bertz CT molecular complexity index is 2780. The zero-order valence-corrected chi connectivity index (χ0v) is 32.8. The smallest absolute Gasteiger partial charge is 0.247 e. The molecule has 0 saturated carbocycles. The number of benzene rings is 7. The summed E-state index contributed by atoms with van der Waals surface area (Å²) in [7, 11) is 0. The van der Waals surface area contributed by atoms with Crippen LogP contribution in [0.4, 0.5) is 26.3 Å². The van der Waals surface area contributed by atoms with Gasteiger partial charge in [-0.1, -0.05) is 194 Å². The predicted molar refractivity (Wildman–Crippen MR) is 236 cm³/mol. The lowest BCUT2D eigenvalue weighted by atomic mass is 9.86. The summed E-state index contributed by atoms with van der Waals surface area (Å²) in [4.78, 5) is 9.31. The van der Waals surface area contributed by atoms with Crippen LogP contribution >= 0.6 is 0 Å². The van der Waals surface area contributed by atoms with Gasteiger partial charge in [-0.2, -0.15) is 26.3 Å². The van der Waals surface area contributed by atoms with Gasteiger partial charge in [0.05, 0.1) is 33.9 Å². The Hall–Kier alpha value is -7.58. The summed E-state index contributed by atoms with van der Waals surface area (Å²) in [5, 5.41) is 0. The molecule has 302 valence electrons. The predicted octanol–water partition coefficient (Wildman–Crippen LogP) is 15.9. The van der Waals surface area contributed by atoms with Crippen LogP contribution in [0.15, 0.2) is 206 Å². The Morgan fingerprint density at radius 1 is 0.258 bits per heavy atom. The van der Waals surface area contributed by atoms with E-state index in [1.165, 1.54) is 36.4 Å². The Morgan fingerprint density at radius 2 is 0.516 bits per heavy atom. The molecule has 0 aliphatic heterocycles. The van der Waals surface area contributed by atoms with Gasteiger partial charge in [-0.05, 0) is 56.6 Å². The van der Waals surface area contributed by atoms with Crippen LogP contribution in [0.2, 0.25) is 0 Å². The average Bonchev–Trinajstić information content (AvgIpc) is 3.31. The maximum absolute atomic E-state index is 15.8. The molecular formula is C54H34F6N2. The molecule has 0 atom stereocenters. The summed E-state index contributed by atoms with van der Waals surface area (Å²) in [5.74, 6) is 0. The highest BCUT2D eigenvalue weighted by atomic mass is 19.4. The molecule has 0 unspecified atom stereocenters. The van der Waals surface area contributed by atoms with E-state index in [9.17, 15) is 0 Å². The van der Waals surface area contributed by atoms with Gasteiger partial charge in [-0.3, -0.25) is 0 Å². The molecule has 0 spiro atoms. The molecule has 9 rings (SSSR count). The van der Waals surface area contributed by atoms with Crippen molar-refractivity contribution in [3.63, 3.8) is 0 Å². The second-order valence-corrected chi connectivity index (χ2v) is 14.7. The SMILES string of the molecule is FC(F)(F)c1c(-c2ccccc2-c2cc(-c3ccc(-c4ccccc4)cc3)nc(-c3ccccc3)c2C(F)(F)F)cc(-c2ccc(-c3ccccc3)cc2)nc1-c1ccccc1. The molecule has 2 aromatic heterocycles. The van der Waals surface area contributed by atoms with Crippen LogP contribution in [0.25, 0.3) is 89.5 Å². The second kappa shape index (κ2) is 16.5. The number of aromatic nitrogens is 2. The van der Waals surface area contributed by atoms with Gasteiger partial charge in [-0.25, -0.2) is 9.97 Å². The van der Waals surface area contributed by atoms with E-state index >= 15 is 26.3 Å². The molecule has 0 radical (unpaired) electrons. The third kappa shape index (κ3) is 8.02. The highest BCUT2D eigenvalue weighted by molar-refractivity contribution is 5.93. The van der Waals surface area contributed by atoms with E-state index in [1.54, 1.807) is 84.9 Å². The molecule has 2 heterocycles. The summed E-state index contributed by atoms with van der Waals surface area (Å²) in [6.07, 6.45) is -9.94. The van der Waals surface area contributed by atoms with E-state index in [1.807, 2.05) is 84.9 Å². The van der Waals surface area contributed by atoms with E-state index in [-0.39, 0.29) is 56.2 Å². The van der Waals surface area contributed by atoms with E-state index < -0.39 is 23.5 Å². The van der Waals surface area contributed by atoms with Crippen LogP contribution < -0.4 is 0 Å². The molecule has 0 fully saturated rings. The van der Waals surface area contributed by atoms with E-state index in [2.05, 4.69) is 9.97 Å². The number of hydrogen-bond acceptors (Lipinski definition) is 2. The van der Waals surface area contributed by atoms with Crippen molar-refractivity contribution in [2.45, 2.75) is 12.4 Å². The normalized spacial score (nSPS) is 11.7. The van der Waals surface area contributed by atoms with E-state index in [4.69, 9.17) is 0 Å². The van der Waals surface area contributed by atoms with Crippen molar-refractivity contribution < 1.29 is 26.3 Å². The number of nitrogens with zero attached hydrogens (tertiary/aromatic N) is 2. The molecule has 8 heteroatoms. The van der Waals surface area contributed by atoms with Crippen molar-refractivity contribution in [1.82, 2.24) is 9.97 Å². The first kappa shape index (κ1) is 39.9. The van der Waals surface area contributed by atoms with Crippen molar-refractivity contribution >= 4 is 0 Å². The lowest BCUT2D eigenvalue weighted by Crippen LogP contribution is -2.14. The van der Waals surface area contributed by atoms with Crippen molar-refractivity contribution in [2.24, 2.45) is 0 Å². The summed E-state index contributed by atoms with van der Waals surface area (Å²) in [5.41, 5.74) is 2.05. The summed E-state index contributed by atoms with van der Waals surface area (Å²) in [6.45, 7) is 0. The quantitative estimate of drug-likeness (QED) is 0.143. The number of hydrogen-bond donors (Lipinski definition) is 0. The monoisotopic (exact) mass is 824 g/mol. The standard InChI is InChI=1S/C54H34F6N2/c55-53(56,57)49-45(33-47(61-51(49)41-19-9-3-10-20-41)39-29-25-37(26-30-39)35-15-5-1-6-16-35)43-23-13-14-24-44(43)46-34-48(40-31-27-38(28-32-40)36-17-7-2-8-18-36)62-52(50(46)54(58,59)60)42-21-11-4-12-22-42/h1-34H. The average molecular weight is 825 g/mol. The zero-order valence-electron chi connectivity index (χ0n) is 32.8. The molecule has 0 N–H and O–H groups in total. The van der Waals surface area contributed by atoms with Crippen LogP contribution in [-0.4, -0.2) is 9.97 Å². The van der Waals surface area contributed by atoms with E-state index in [0.717, 1.165) is 22.3 Å². The van der Waals surface area contributed by atoms with Gasteiger partial charge < -0.3 is 0 Å². The van der Waals surface area contributed by atoms with E-state index in [0.29, 0.717) is 11.1 Å². The van der Waals surface area contributed by atoms with Crippen LogP contribution in [0.5, 0.6) is 0 Å². The Balaban J connectivity index is 1.31. The van der Waals surface area contributed by atoms with Crippen LogP contribution in [0.1, 0.15) is 11.1 Å². The molecule has 7 aromatic carbocycles. The van der Waals surface area contributed by atoms with Crippen LogP contribution in [-0.2, 0) is 12.4 Å². The lowest BCUT2D eigenvalue weighted by molar-refractivity contribution is -0.137. The highest BCUT2D eigenvalue weighted by Gasteiger charge is 2.41. The number of pyridine rings is 2. The number of halogens is 6. The Morgan fingerprint density at radius 3 is 0.823 bits per heavy atom. The van der Waals surface area contributed by atoms with Crippen molar-refractivity contribution in [3.05, 3.63) is 217 Å². The van der Waals surface area contributed by atoms with Gasteiger partial charge in [0.2, 0.25) is 0 Å². The lowest BCUT2D eigenvalue weighted by Gasteiger charge is -2.23. The molecule has 0 bridgehead atoms. The highest BCUT2D eigenvalue weighted by Crippen LogP contribution is 2.50. The molecule has 2 nitrogen and oxygen atoms in total. The van der Waals surface area contributed by atoms with Gasteiger partial charge in [0, 0.05) is 22.3 Å². The summed E-state index contributed by atoms with van der Waals surface area (Å²) in [6, 6.07) is 58.6. The fraction of sp³-hybridized carbons (Fsp3) is 0.0370. The first-order chi connectivity index (χ1) is 30.0. The van der Waals surface area contributed by atoms with Gasteiger partial charge in [0.15, 0.2) is 0 Å². The minimum atomic E-state index is -4.97. The Kier molecular flexibility index (Phi) is 10.6. The topological polar surface area (TPSA) is 25.8 Å². The maximum Gasteiger partial charge on any atom is 0.419 e. The zero-order chi connectivity index (χ0) is 42.8. The fourth-order valence-electron chi connectivity index (χ4n) is 7.88. The van der Waals surface area contributed by atoms with Gasteiger partial charge in [0.1, 0.15) is 0 Å². The third-order valence-electron chi connectivity index (χ3n) is 10.8. The van der Waals surface area contributed by atoms with Crippen molar-refractivity contribution in [1.29, 1.82) is 0 Å². The second-order valence-electron chi connectivity index (χ2n) is 14.7. The molecule has 62 heavy (non-hydrogen) atoms. The minimum Gasteiger partial charge on any atom is -0.247 e. The largest absolute Gasteiger partial charge is 0.419 e. The molecule has 0 aliphatic rings. The molecular weight excluding hydrogens is 791 g/mol. The maximum atomic E-state index is 15.8. The minimum absolute atomic E-state index is 0.0531. The fourth-order valence-corrected chi connectivity index (χ4v) is 7.88. The molecule has 0 saturated heterocycles. The number of rotatable bonds is 8. The Labute approximate surface area is 354 Å². The van der Waals surface area contributed by atoms with Crippen LogP contribution in [0.3, 0.4) is 0 Å². The summed E-state index contributed by atoms with van der Waals surface area (Å²) < 4.78 is 94.5. The van der Waals surface area contributed by atoms with Crippen LogP contribution in [0, 0.1) is 0 Å². The summed E-state index contributed by atoms with van der Waals surface area (Å²) >= 11 is 0. The van der Waals surface area contributed by atoms with Gasteiger partial charge >= 0.3 is 12.4 Å². The van der Waals surface area contributed by atoms with Gasteiger partial charge in [0.25, 0.3) is 0 Å². The van der Waals surface area contributed by atoms with Gasteiger partial charge in [-0.15, -0.1) is 0 Å². The van der Waals surface area contributed by atoms with Crippen molar-refractivity contribution in [3.8, 4) is 89.5 Å². The third-order valence-corrected chi connectivity index (χ3v) is 10.8. The first-order valence-electron chi connectivity index (χ1n) is 19.8.